The molecule has 0 aliphatic carbocycles. The van der Waals surface area contributed by atoms with Gasteiger partial charge in [0.1, 0.15) is 7.05 Å². The molecule has 0 aliphatic rings. The van der Waals surface area contributed by atoms with E-state index in [2.05, 4.69) is 4.99 Å². The SMILES string of the molecule is C[NH+]=C(C)C=C(N)Oc1c(F)cc(C(F)(F)F)cc1Cl. The Labute approximate surface area is 117 Å². The third-order valence-electron chi connectivity index (χ3n) is 2.30. The Hall–Kier alpha value is -1.76. The largest absolute Gasteiger partial charge is 0.437 e. The quantitative estimate of drug-likeness (QED) is 0.508. The maximum absolute atomic E-state index is 13.6. The van der Waals surface area contributed by atoms with Crippen LogP contribution in [-0.4, -0.2) is 12.8 Å². The molecule has 0 saturated carbocycles. The Balaban J connectivity index is 3.13. The topological polar surface area (TPSA) is 49.2 Å². The molecule has 0 saturated heterocycles. The van der Waals surface area contributed by atoms with Crippen LogP contribution in [0.3, 0.4) is 0 Å². The first-order valence-corrected chi connectivity index (χ1v) is 5.75. The molecule has 1 aromatic carbocycles. The van der Waals surface area contributed by atoms with Crippen LogP contribution >= 0.6 is 11.6 Å². The summed E-state index contributed by atoms with van der Waals surface area (Å²) in [6.45, 7) is 1.67. The molecule has 20 heavy (non-hydrogen) atoms. The molecule has 0 atom stereocenters. The van der Waals surface area contributed by atoms with Crippen molar-refractivity contribution in [1.29, 1.82) is 0 Å². The number of rotatable bonds is 3. The second kappa shape index (κ2) is 6.13. The number of halogens is 5. The van der Waals surface area contributed by atoms with Gasteiger partial charge in [-0.25, -0.2) is 9.38 Å². The van der Waals surface area contributed by atoms with Crippen LogP contribution in [0.4, 0.5) is 17.6 Å². The zero-order chi connectivity index (χ0) is 15.5. The van der Waals surface area contributed by atoms with Crippen molar-refractivity contribution in [3.8, 4) is 5.75 Å². The van der Waals surface area contributed by atoms with Crippen molar-refractivity contribution >= 4 is 17.3 Å². The van der Waals surface area contributed by atoms with Crippen molar-refractivity contribution in [2.24, 2.45) is 5.73 Å². The highest BCUT2D eigenvalue weighted by Gasteiger charge is 2.32. The van der Waals surface area contributed by atoms with E-state index in [-0.39, 0.29) is 5.88 Å². The van der Waals surface area contributed by atoms with E-state index in [1.807, 2.05) is 0 Å². The summed E-state index contributed by atoms with van der Waals surface area (Å²) in [5.41, 5.74) is 4.89. The number of ether oxygens (including phenoxy) is 1. The first-order chi connectivity index (χ1) is 9.15. The minimum absolute atomic E-state index is 0.211. The summed E-state index contributed by atoms with van der Waals surface area (Å²) < 4.78 is 55.9. The maximum atomic E-state index is 13.6. The highest BCUT2D eigenvalue weighted by molar-refractivity contribution is 6.32. The van der Waals surface area contributed by atoms with Gasteiger partial charge in [0.25, 0.3) is 0 Å². The van der Waals surface area contributed by atoms with Gasteiger partial charge in [0.05, 0.1) is 16.7 Å². The Morgan fingerprint density at radius 1 is 1.40 bits per heavy atom. The van der Waals surface area contributed by atoms with Crippen molar-refractivity contribution in [3.63, 3.8) is 0 Å². The van der Waals surface area contributed by atoms with E-state index < -0.39 is 28.3 Å². The maximum Gasteiger partial charge on any atom is 0.416 e. The number of benzene rings is 1. The van der Waals surface area contributed by atoms with Gasteiger partial charge in [-0.15, -0.1) is 0 Å². The molecule has 1 aromatic rings. The van der Waals surface area contributed by atoms with Crippen LogP contribution < -0.4 is 15.5 Å². The lowest BCUT2D eigenvalue weighted by atomic mass is 10.2. The van der Waals surface area contributed by atoms with Gasteiger partial charge in [0.15, 0.2) is 23.2 Å². The number of hydrogen-bond acceptors (Lipinski definition) is 2. The fraction of sp³-hybridized carbons (Fsp3) is 0.250. The summed E-state index contributed by atoms with van der Waals surface area (Å²) in [6, 6.07) is 0.866. The van der Waals surface area contributed by atoms with E-state index in [9.17, 15) is 17.6 Å². The summed E-state index contributed by atoms with van der Waals surface area (Å²) in [6.07, 6.45) is -3.35. The number of allylic oxidation sites excluding steroid dienone is 1. The molecule has 0 aliphatic heterocycles. The lowest BCUT2D eigenvalue weighted by molar-refractivity contribution is -0.419. The Morgan fingerprint density at radius 2 is 2.00 bits per heavy atom. The van der Waals surface area contributed by atoms with Crippen LogP contribution in [0.2, 0.25) is 5.02 Å². The monoisotopic (exact) mass is 311 g/mol. The van der Waals surface area contributed by atoms with Crippen LogP contribution in [-0.2, 0) is 6.18 Å². The number of nitrogens with two attached hydrogens (primary N) is 1. The third-order valence-corrected chi connectivity index (χ3v) is 2.58. The number of nitrogens with one attached hydrogen (secondary N) is 1. The number of hydrogen-bond donors (Lipinski definition) is 2. The fourth-order valence-electron chi connectivity index (χ4n) is 1.25. The van der Waals surface area contributed by atoms with E-state index in [1.165, 1.54) is 6.08 Å². The Kier molecular flexibility index (Phi) is 4.99. The average molecular weight is 312 g/mol. The van der Waals surface area contributed by atoms with Gasteiger partial charge in [0.2, 0.25) is 0 Å². The highest BCUT2D eigenvalue weighted by atomic mass is 35.5. The minimum Gasteiger partial charge on any atom is -0.437 e. The fourth-order valence-corrected chi connectivity index (χ4v) is 1.50. The first-order valence-electron chi connectivity index (χ1n) is 5.37. The number of alkyl halides is 3. The molecule has 110 valence electrons. The normalized spacial score (nSPS) is 13.6. The van der Waals surface area contributed by atoms with Crippen molar-refractivity contribution in [3.05, 3.63) is 40.5 Å². The van der Waals surface area contributed by atoms with Gasteiger partial charge in [-0.3, -0.25) is 0 Å². The van der Waals surface area contributed by atoms with E-state index in [0.717, 1.165) is 0 Å². The molecule has 1 rings (SSSR count). The van der Waals surface area contributed by atoms with Crippen molar-refractivity contribution in [2.45, 2.75) is 13.1 Å². The van der Waals surface area contributed by atoms with Crippen molar-refractivity contribution in [2.75, 3.05) is 7.05 Å². The molecule has 0 bridgehead atoms. The molecular formula is C12H12ClF4N2O+. The van der Waals surface area contributed by atoms with Gasteiger partial charge in [-0.2, -0.15) is 13.2 Å². The molecule has 0 aromatic heterocycles. The standard InChI is InChI=1S/C12H11ClF4N2O/c1-6(19-2)3-10(18)20-11-8(13)4-7(5-9(11)14)12(15,16)17/h3-5H,18H2,1-2H3/p+1. The second-order valence-electron chi connectivity index (χ2n) is 3.85. The third kappa shape index (κ3) is 4.12. The zero-order valence-corrected chi connectivity index (χ0v) is 11.4. The molecule has 3 nitrogen and oxygen atoms in total. The van der Waals surface area contributed by atoms with Gasteiger partial charge in [0, 0.05) is 6.92 Å². The molecule has 3 N–H and O–H groups in total. The average Bonchev–Trinajstić information content (AvgIpc) is 2.32. The smallest absolute Gasteiger partial charge is 0.416 e. The summed E-state index contributed by atoms with van der Waals surface area (Å²) in [7, 11) is 1.63. The summed E-state index contributed by atoms with van der Waals surface area (Å²) in [5.74, 6) is -2.02. The molecular weight excluding hydrogens is 300 g/mol. The Morgan fingerprint density at radius 3 is 2.45 bits per heavy atom. The van der Waals surface area contributed by atoms with Crippen LogP contribution in [0, 0.1) is 5.82 Å². The van der Waals surface area contributed by atoms with Crippen LogP contribution in [0.15, 0.2) is 24.1 Å². The summed E-state index contributed by atoms with van der Waals surface area (Å²) >= 11 is 5.59. The predicted octanol–water partition coefficient (Wildman–Crippen LogP) is 1.85. The van der Waals surface area contributed by atoms with Crippen LogP contribution in [0.1, 0.15) is 12.5 Å². The molecule has 0 radical (unpaired) electrons. The van der Waals surface area contributed by atoms with E-state index in [0.29, 0.717) is 17.8 Å². The van der Waals surface area contributed by atoms with E-state index >= 15 is 0 Å². The lowest BCUT2D eigenvalue weighted by Crippen LogP contribution is -2.66. The van der Waals surface area contributed by atoms with Crippen molar-refractivity contribution < 1.29 is 27.3 Å². The molecule has 0 spiro atoms. The van der Waals surface area contributed by atoms with Gasteiger partial charge in [-0.05, 0) is 12.1 Å². The highest BCUT2D eigenvalue weighted by Crippen LogP contribution is 2.37. The molecule has 0 heterocycles. The minimum atomic E-state index is -4.69. The summed E-state index contributed by atoms with van der Waals surface area (Å²) in [5, 5.41) is -0.518. The van der Waals surface area contributed by atoms with E-state index in [1.54, 1.807) is 14.0 Å². The van der Waals surface area contributed by atoms with Crippen LogP contribution in [0.25, 0.3) is 0 Å². The molecule has 0 unspecified atom stereocenters. The molecule has 0 amide bonds. The molecule has 8 heteroatoms. The van der Waals surface area contributed by atoms with Gasteiger partial charge >= 0.3 is 6.18 Å². The second-order valence-corrected chi connectivity index (χ2v) is 4.26. The predicted molar refractivity (Wildman–Crippen MR) is 66.9 cm³/mol. The zero-order valence-electron chi connectivity index (χ0n) is 10.6. The Bertz CT molecular complexity index is 544. The van der Waals surface area contributed by atoms with Gasteiger partial charge < -0.3 is 10.5 Å². The van der Waals surface area contributed by atoms with E-state index in [4.69, 9.17) is 22.1 Å². The van der Waals surface area contributed by atoms with Gasteiger partial charge in [-0.1, -0.05) is 11.6 Å². The summed E-state index contributed by atoms with van der Waals surface area (Å²) in [4.78, 5) is 2.74. The molecule has 0 fully saturated rings. The first kappa shape index (κ1) is 16.3. The lowest BCUT2D eigenvalue weighted by Gasteiger charge is -2.12. The van der Waals surface area contributed by atoms with Crippen LogP contribution in [0.5, 0.6) is 5.75 Å². The van der Waals surface area contributed by atoms with Crippen molar-refractivity contribution in [1.82, 2.24) is 0 Å².